The molecule has 0 saturated carbocycles. The number of ether oxygens (including phenoxy) is 1. The van der Waals surface area contributed by atoms with E-state index in [1.807, 2.05) is 24.3 Å². The summed E-state index contributed by atoms with van der Waals surface area (Å²) >= 11 is 2.70. The molecule has 0 amide bonds. The molecule has 0 unspecified atom stereocenters. The highest BCUT2D eigenvalue weighted by atomic mass is 32.3. The van der Waals surface area contributed by atoms with E-state index in [1.165, 1.54) is 30.2 Å². The average Bonchev–Trinajstić information content (AvgIpc) is 2.96. The Labute approximate surface area is 142 Å². The maximum Gasteiger partial charge on any atom is 0.242 e. The molecule has 0 fully saturated rings. The highest BCUT2D eigenvalue weighted by molar-refractivity contribution is 8.13. The van der Waals surface area contributed by atoms with Gasteiger partial charge in [0.15, 0.2) is 4.34 Å². The molecule has 5 nitrogen and oxygen atoms in total. The van der Waals surface area contributed by atoms with Crippen molar-refractivity contribution in [2.75, 3.05) is 16.9 Å². The van der Waals surface area contributed by atoms with Gasteiger partial charge in [0, 0.05) is 6.07 Å². The number of nitrogens with zero attached hydrogens (tertiary/aromatic N) is 1. The third-order valence-electron chi connectivity index (χ3n) is 2.95. The Bertz CT molecular complexity index is 889. The van der Waals surface area contributed by atoms with Crippen LogP contribution in [0.15, 0.2) is 52.9 Å². The number of nitrogens with one attached hydrogen (secondary N) is 1. The maximum atomic E-state index is 12.2. The minimum absolute atomic E-state index is 0.0932. The number of thioether (sulfide) groups is 1. The summed E-state index contributed by atoms with van der Waals surface area (Å²) in [5.74, 6) is 0.601. The molecule has 0 bridgehead atoms. The summed E-state index contributed by atoms with van der Waals surface area (Å²) in [4.78, 5) is 4.42. The van der Waals surface area contributed by atoms with E-state index < -0.39 is 10.0 Å². The van der Waals surface area contributed by atoms with Crippen LogP contribution in [0.2, 0.25) is 0 Å². The third kappa shape index (κ3) is 4.15. The first-order valence-corrected chi connectivity index (χ1v) is 10.1. The molecule has 1 aromatic heterocycles. The number of fused-ring (bicyclic) bond motifs is 1. The summed E-state index contributed by atoms with van der Waals surface area (Å²) in [5, 5.41) is -0.0932. The second-order valence-corrected chi connectivity index (χ2v) is 9.00. The molecule has 8 heteroatoms. The summed E-state index contributed by atoms with van der Waals surface area (Å²) in [7, 11) is -1.93. The highest BCUT2D eigenvalue weighted by Gasteiger charge is 2.14. The topological polar surface area (TPSA) is 68.3 Å². The standard InChI is InChI=1S/C15H14N2O3S3/c1-20-12-6-4-5-11(9-12)17-23(18,19)10-21-15-16-13-7-2-3-8-14(13)22-15/h2-9,17H,10H2,1H3. The number of benzene rings is 2. The van der Waals surface area contributed by atoms with Crippen LogP contribution in [0.1, 0.15) is 0 Å². The van der Waals surface area contributed by atoms with Gasteiger partial charge in [0.25, 0.3) is 0 Å². The Hall–Kier alpha value is -1.77. The number of anilines is 1. The summed E-state index contributed by atoms with van der Waals surface area (Å²) in [5.41, 5.74) is 1.37. The van der Waals surface area contributed by atoms with E-state index in [1.54, 1.807) is 24.3 Å². The van der Waals surface area contributed by atoms with Crippen molar-refractivity contribution in [2.45, 2.75) is 4.34 Å². The molecule has 0 aliphatic heterocycles. The van der Waals surface area contributed by atoms with Crippen LogP contribution in [0.3, 0.4) is 0 Å². The quantitative estimate of drug-likeness (QED) is 0.672. The van der Waals surface area contributed by atoms with E-state index in [0.29, 0.717) is 11.4 Å². The summed E-state index contributed by atoms with van der Waals surface area (Å²) < 4.78 is 33.8. The Kier molecular flexibility index (Phi) is 4.74. The van der Waals surface area contributed by atoms with Gasteiger partial charge in [-0.1, -0.05) is 30.0 Å². The minimum Gasteiger partial charge on any atom is -0.497 e. The first kappa shape index (κ1) is 16.1. The van der Waals surface area contributed by atoms with E-state index in [4.69, 9.17) is 4.74 Å². The lowest BCUT2D eigenvalue weighted by atomic mass is 10.3. The molecule has 120 valence electrons. The van der Waals surface area contributed by atoms with Gasteiger partial charge < -0.3 is 4.74 Å². The van der Waals surface area contributed by atoms with Crippen molar-refractivity contribution in [1.29, 1.82) is 0 Å². The fourth-order valence-corrected chi connectivity index (χ4v) is 5.48. The van der Waals surface area contributed by atoms with Crippen LogP contribution < -0.4 is 9.46 Å². The Balaban J connectivity index is 1.68. The van der Waals surface area contributed by atoms with Crippen LogP contribution in [0.5, 0.6) is 5.75 Å². The fraction of sp³-hybridized carbons (Fsp3) is 0.133. The molecule has 1 N–H and O–H groups in total. The zero-order valence-electron chi connectivity index (χ0n) is 12.2. The molecule has 0 aliphatic carbocycles. The van der Waals surface area contributed by atoms with E-state index in [-0.39, 0.29) is 5.08 Å². The lowest BCUT2D eigenvalue weighted by Crippen LogP contribution is -2.14. The van der Waals surface area contributed by atoms with Gasteiger partial charge in [-0.25, -0.2) is 13.4 Å². The Morgan fingerprint density at radius 1 is 1.22 bits per heavy atom. The van der Waals surface area contributed by atoms with Crippen LogP contribution in [0.4, 0.5) is 5.69 Å². The Morgan fingerprint density at radius 2 is 2.04 bits per heavy atom. The van der Waals surface area contributed by atoms with E-state index in [9.17, 15) is 8.42 Å². The number of hydrogen-bond donors (Lipinski definition) is 1. The zero-order chi connectivity index (χ0) is 16.3. The normalized spacial score (nSPS) is 11.5. The summed E-state index contributed by atoms with van der Waals surface area (Å²) in [6, 6.07) is 14.6. The van der Waals surface area contributed by atoms with E-state index in [0.717, 1.165) is 14.6 Å². The van der Waals surface area contributed by atoms with Gasteiger partial charge in [-0.05, 0) is 24.3 Å². The predicted octanol–water partition coefficient (Wildman–Crippen LogP) is 3.80. The molecule has 0 aliphatic rings. The zero-order valence-corrected chi connectivity index (χ0v) is 14.7. The van der Waals surface area contributed by atoms with Crippen LogP contribution in [-0.4, -0.2) is 25.6 Å². The predicted molar refractivity (Wildman–Crippen MR) is 95.9 cm³/mol. The van der Waals surface area contributed by atoms with Crippen molar-refractivity contribution in [3.63, 3.8) is 0 Å². The van der Waals surface area contributed by atoms with Gasteiger partial charge in [-0.3, -0.25) is 4.72 Å². The van der Waals surface area contributed by atoms with Gasteiger partial charge >= 0.3 is 0 Å². The van der Waals surface area contributed by atoms with Crippen molar-refractivity contribution in [1.82, 2.24) is 4.98 Å². The molecule has 3 rings (SSSR count). The third-order valence-corrected chi connectivity index (χ3v) is 6.99. The maximum absolute atomic E-state index is 12.2. The molecule has 0 saturated heterocycles. The van der Waals surface area contributed by atoms with Crippen LogP contribution >= 0.6 is 23.1 Å². The molecule has 3 aromatic rings. The SMILES string of the molecule is COc1cccc(NS(=O)(=O)CSc2nc3ccccc3s2)c1. The molecule has 0 radical (unpaired) electrons. The lowest BCUT2D eigenvalue weighted by molar-refractivity contribution is 0.415. The minimum atomic E-state index is -3.47. The van der Waals surface area contributed by atoms with Crippen molar-refractivity contribution in [2.24, 2.45) is 0 Å². The number of sulfonamides is 1. The molecular formula is C15H14N2O3S3. The van der Waals surface area contributed by atoms with Crippen molar-refractivity contribution >= 4 is 49.0 Å². The molecule has 2 aromatic carbocycles. The second-order valence-electron chi connectivity index (χ2n) is 4.66. The van der Waals surface area contributed by atoms with E-state index in [2.05, 4.69) is 9.71 Å². The summed E-state index contributed by atoms with van der Waals surface area (Å²) in [6.45, 7) is 0. The molecule has 0 atom stereocenters. The number of thiazole rings is 1. The number of para-hydroxylation sites is 1. The first-order chi connectivity index (χ1) is 11.1. The largest absolute Gasteiger partial charge is 0.497 e. The van der Waals surface area contributed by atoms with Crippen molar-refractivity contribution < 1.29 is 13.2 Å². The van der Waals surface area contributed by atoms with Crippen molar-refractivity contribution in [3.8, 4) is 5.75 Å². The Morgan fingerprint density at radius 3 is 2.83 bits per heavy atom. The molecule has 1 heterocycles. The average molecular weight is 366 g/mol. The van der Waals surface area contributed by atoms with Crippen LogP contribution in [-0.2, 0) is 10.0 Å². The number of hydrogen-bond acceptors (Lipinski definition) is 6. The van der Waals surface area contributed by atoms with Gasteiger partial charge in [-0.2, -0.15) is 0 Å². The number of rotatable bonds is 6. The van der Waals surface area contributed by atoms with Crippen LogP contribution in [0.25, 0.3) is 10.2 Å². The smallest absolute Gasteiger partial charge is 0.242 e. The highest BCUT2D eigenvalue weighted by Crippen LogP contribution is 2.30. The van der Waals surface area contributed by atoms with Gasteiger partial charge in [0.05, 0.1) is 23.0 Å². The van der Waals surface area contributed by atoms with Gasteiger partial charge in [0.2, 0.25) is 10.0 Å². The fourth-order valence-electron chi connectivity index (χ4n) is 1.94. The second kappa shape index (κ2) is 6.77. The summed E-state index contributed by atoms with van der Waals surface area (Å²) in [6.07, 6.45) is 0. The molecule has 0 spiro atoms. The first-order valence-electron chi connectivity index (χ1n) is 6.69. The lowest BCUT2D eigenvalue weighted by Gasteiger charge is -2.08. The molecule has 23 heavy (non-hydrogen) atoms. The monoisotopic (exact) mass is 366 g/mol. The van der Waals surface area contributed by atoms with Gasteiger partial charge in [0.1, 0.15) is 10.8 Å². The van der Waals surface area contributed by atoms with Crippen molar-refractivity contribution in [3.05, 3.63) is 48.5 Å². The molecular weight excluding hydrogens is 352 g/mol. The van der Waals surface area contributed by atoms with Crippen LogP contribution in [0, 0.1) is 0 Å². The van der Waals surface area contributed by atoms with Gasteiger partial charge in [-0.15, -0.1) is 11.3 Å². The number of aromatic nitrogens is 1. The van der Waals surface area contributed by atoms with E-state index >= 15 is 0 Å². The number of methoxy groups -OCH3 is 1.